The molecule has 3 atom stereocenters. The maximum Gasteiger partial charge on any atom is 0.243 e. The van der Waals surface area contributed by atoms with Crippen molar-refractivity contribution in [2.75, 3.05) is 19.7 Å². The van der Waals surface area contributed by atoms with Crippen molar-refractivity contribution in [3.8, 4) is 5.75 Å². The Labute approximate surface area is 131 Å². The number of hydrogen-bond donors (Lipinski definition) is 1. The molecule has 0 amide bonds. The molecule has 2 fully saturated rings. The molecule has 122 valence electrons. The van der Waals surface area contributed by atoms with Gasteiger partial charge in [0.2, 0.25) is 10.0 Å². The normalized spacial score (nSPS) is 28.0. The van der Waals surface area contributed by atoms with Gasteiger partial charge in [-0.2, -0.15) is 4.31 Å². The summed E-state index contributed by atoms with van der Waals surface area (Å²) >= 11 is 0. The van der Waals surface area contributed by atoms with Gasteiger partial charge in [-0.3, -0.25) is 0 Å². The van der Waals surface area contributed by atoms with Gasteiger partial charge in [0.15, 0.2) is 0 Å². The third kappa shape index (κ3) is 2.64. The maximum atomic E-state index is 12.7. The van der Waals surface area contributed by atoms with Crippen LogP contribution in [0, 0.1) is 24.7 Å². The molecule has 1 N–H and O–H groups in total. The zero-order valence-electron chi connectivity index (χ0n) is 13.2. The van der Waals surface area contributed by atoms with Crippen molar-refractivity contribution in [3.05, 3.63) is 23.8 Å². The minimum atomic E-state index is -3.44. The summed E-state index contributed by atoms with van der Waals surface area (Å²) in [6.45, 7) is 6.98. The van der Waals surface area contributed by atoms with E-state index in [9.17, 15) is 13.5 Å². The highest BCUT2D eigenvalue weighted by Crippen LogP contribution is 2.52. The van der Waals surface area contributed by atoms with Crippen LogP contribution >= 0.6 is 0 Å². The number of rotatable bonds is 5. The number of sulfonamides is 1. The van der Waals surface area contributed by atoms with Crippen molar-refractivity contribution < 1.29 is 18.3 Å². The number of ether oxygens (including phenoxy) is 1. The van der Waals surface area contributed by atoms with Gasteiger partial charge >= 0.3 is 0 Å². The third-order valence-electron chi connectivity index (χ3n) is 4.70. The van der Waals surface area contributed by atoms with E-state index in [0.717, 1.165) is 11.3 Å². The average molecular weight is 325 g/mol. The summed E-state index contributed by atoms with van der Waals surface area (Å²) in [5, 5.41) is 9.17. The largest absolute Gasteiger partial charge is 0.491 e. The Morgan fingerprint density at radius 1 is 1.32 bits per heavy atom. The molecule has 1 aromatic rings. The summed E-state index contributed by atoms with van der Waals surface area (Å²) in [4.78, 5) is 0.322. The molecule has 1 aliphatic heterocycles. The van der Waals surface area contributed by atoms with Gasteiger partial charge in [-0.15, -0.1) is 0 Å². The number of hydrogen-bond acceptors (Lipinski definition) is 4. The van der Waals surface area contributed by atoms with Gasteiger partial charge in [-0.1, -0.05) is 0 Å². The Balaban J connectivity index is 1.77. The Bertz CT molecular complexity index is 659. The van der Waals surface area contributed by atoms with Gasteiger partial charge in [0.25, 0.3) is 0 Å². The molecule has 0 bridgehead atoms. The second kappa shape index (κ2) is 5.51. The molecule has 0 aromatic heterocycles. The summed E-state index contributed by atoms with van der Waals surface area (Å²) in [6, 6.07) is 5.03. The van der Waals surface area contributed by atoms with E-state index in [4.69, 9.17) is 4.74 Å². The van der Waals surface area contributed by atoms with Crippen molar-refractivity contribution >= 4 is 10.0 Å². The van der Waals surface area contributed by atoms with Crippen molar-refractivity contribution in [2.45, 2.75) is 31.8 Å². The SMILES string of the molecule is Cc1cc(S(=O)(=O)N2C[C@@H]3C(CO)[C@@H]3C2)ccc1OC(C)C. The zero-order valence-corrected chi connectivity index (χ0v) is 14.0. The van der Waals surface area contributed by atoms with Crippen LogP contribution in [0.1, 0.15) is 19.4 Å². The molecular weight excluding hydrogens is 302 g/mol. The molecule has 1 unspecified atom stereocenters. The van der Waals surface area contributed by atoms with E-state index in [1.165, 1.54) is 0 Å². The Kier molecular flexibility index (Phi) is 3.95. The van der Waals surface area contributed by atoms with Gasteiger partial charge in [-0.25, -0.2) is 8.42 Å². The van der Waals surface area contributed by atoms with Gasteiger partial charge in [0.1, 0.15) is 5.75 Å². The molecule has 2 aliphatic rings. The van der Waals surface area contributed by atoms with Crippen LogP contribution in [0.2, 0.25) is 0 Å². The van der Waals surface area contributed by atoms with Crippen LogP contribution in [-0.2, 0) is 10.0 Å². The van der Waals surface area contributed by atoms with Crippen LogP contribution in [0.4, 0.5) is 0 Å². The van der Waals surface area contributed by atoms with Crippen LogP contribution in [0.25, 0.3) is 0 Å². The monoisotopic (exact) mass is 325 g/mol. The third-order valence-corrected chi connectivity index (χ3v) is 6.52. The first-order valence-corrected chi connectivity index (χ1v) is 9.17. The van der Waals surface area contributed by atoms with Crippen molar-refractivity contribution in [1.29, 1.82) is 0 Å². The van der Waals surface area contributed by atoms with E-state index in [-0.39, 0.29) is 12.7 Å². The molecule has 6 heteroatoms. The van der Waals surface area contributed by atoms with Crippen molar-refractivity contribution in [1.82, 2.24) is 4.31 Å². The van der Waals surface area contributed by atoms with E-state index in [1.54, 1.807) is 22.5 Å². The van der Waals surface area contributed by atoms with Gasteiger partial charge in [0.05, 0.1) is 11.0 Å². The Morgan fingerprint density at radius 2 is 1.95 bits per heavy atom. The number of aliphatic hydroxyl groups excluding tert-OH is 1. The number of fused-ring (bicyclic) bond motifs is 1. The predicted octanol–water partition coefficient (Wildman–Crippen LogP) is 1.64. The highest BCUT2D eigenvalue weighted by molar-refractivity contribution is 7.89. The minimum Gasteiger partial charge on any atom is -0.491 e. The number of aryl methyl sites for hydroxylation is 1. The molecule has 1 heterocycles. The van der Waals surface area contributed by atoms with Gasteiger partial charge in [0, 0.05) is 19.7 Å². The molecule has 0 radical (unpaired) electrons. The van der Waals surface area contributed by atoms with E-state index < -0.39 is 10.0 Å². The lowest BCUT2D eigenvalue weighted by atomic mass is 10.2. The molecule has 1 aromatic carbocycles. The number of aliphatic hydroxyl groups is 1. The molecule has 3 rings (SSSR count). The molecule has 1 aliphatic carbocycles. The van der Waals surface area contributed by atoms with Gasteiger partial charge in [-0.05, 0) is 62.3 Å². The first-order valence-electron chi connectivity index (χ1n) is 7.73. The molecular formula is C16H23NO4S. The van der Waals surface area contributed by atoms with E-state index >= 15 is 0 Å². The van der Waals surface area contributed by atoms with Crippen molar-refractivity contribution in [3.63, 3.8) is 0 Å². The minimum absolute atomic E-state index is 0.0577. The quantitative estimate of drug-likeness (QED) is 0.894. The summed E-state index contributed by atoms with van der Waals surface area (Å²) in [6.07, 6.45) is 0.0577. The highest BCUT2D eigenvalue weighted by atomic mass is 32.2. The lowest BCUT2D eigenvalue weighted by molar-refractivity contribution is 0.240. The fourth-order valence-corrected chi connectivity index (χ4v) is 5.00. The lowest BCUT2D eigenvalue weighted by Crippen LogP contribution is -2.32. The molecule has 0 spiro atoms. The lowest BCUT2D eigenvalue weighted by Gasteiger charge is -2.20. The number of nitrogens with zero attached hydrogens (tertiary/aromatic N) is 1. The topological polar surface area (TPSA) is 66.8 Å². The summed E-state index contributed by atoms with van der Waals surface area (Å²) in [5.41, 5.74) is 0.826. The zero-order chi connectivity index (χ0) is 16.1. The standard InChI is InChI=1S/C16H23NO4S/c1-10(2)21-16-5-4-12(6-11(16)3)22(19,20)17-7-13-14(8-17)15(13)9-18/h4-6,10,13-15,18H,7-9H2,1-3H3/t13-,14+,15?. The fraction of sp³-hybridized carbons (Fsp3) is 0.625. The second-order valence-electron chi connectivity index (χ2n) is 6.59. The van der Waals surface area contributed by atoms with Crippen LogP contribution in [-0.4, -0.2) is 43.6 Å². The predicted molar refractivity (Wildman–Crippen MR) is 83.3 cm³/mol. The van der Waals surface area contributed by atoms with E-state index in [1.807, 2.05) is 20.8 Å². The average Bonchev–Trinajstić information content (AvgIpc) is 2.91. The van der Waals surface area contributed by atoms with Crippen molar-refractivity contribution in [2.24, 2.45) is 17.8 Å². The molecule has 5 nitrogen and oxygen atoms in total. The molecule has 22 heavy (non-hydrogen) atoms. The second-order valence-corrected chi connectivity index (χ2v) is 8.53. The van der Waals surface area contributed by atoms with E-state index in [0.29, 0.717) is 35.7 Å². The van der Waals surface area contributed by atoms with Gasteiger partial charge < -0.3 is 9.84 Å². The highest BCUT2D eigenvalue weighted by Gasteiger charge is 2.57. The van der Waals surface area contributed by atoms with Crippen LogP contribution < -0.4 is 4.74 Å². The summed E-state index contributed by atoms with van der Waals surface area (Å²) < 4.78 is 32.6. The van der Waals surface area contributed by atoms with Crippen LogP contribution in [0.15, 0.2) is 23.1 Å². The van der Waals surface area contributed by atoms with Crippen LogP contribution in [0.5, 0.6) is 5.75 Å². The van der Waals surface area contributed by atoms with Crippen LogP contribution in [0.3, 0.4) is 0 Å². The first kappa shape index (κ1) is 15.8. The molecule has 1 saturated heterocycles. The van der Waals surface area contributed by atoms with E-state index in [2.05, 4.69) is 0 Å². The number of piperidine rings is 1. The summed E-state index contributed by atoms with van der Waals surface area (Å²) in [7, 11) is -3.44. The number of benzene rings is 1. The smallest absolute Gasteiger partial charge is 0.243 e. The maximum absolute atomic E-state index is 12.7. The Hall–Kier alpha value is -1.11. The first-order chi connectivity index (χ1) is 10.3. The molecule has 1 saturated carbocycles. The summed E-state index contributed by atoms with van der Waals surface area (Å²) in [5.74, 6) is 1.70. The Morgan fingerprint density at radius 3 is 2.45 bits per heavy atom. The fourth-order valence-electron chi connectivity index (χ4n) is 3.40.